The number of anilines is 1. The number of sulfone groups is 1. The molecule has 1 spiro atoms. The summed E-state index contributed by atoms with van der Waals surface area (Å²) >= 11 is 0. The maximum absolute atomic E-state index is 11.8. The number of pyridine rings is 1. The highest BCUT2D eigenvalue weighted by Crippen LogP contribution is 2.48. The monoisotopic (exact) mass is 447 g/mol. The average Bonchev–Trinajstić information content (AvgIpc) is 3.33. The van der Waals surface area contributed by atoms with Crippen molar-refractivity contribution in [1.82, 2.24) is 14.8 Å². The Morgan fingerprint density at radius 1 is 1.32 bits per heavy atom. The number of hydrogen-bond donors (Lipinski definition) is 2. The summed E-state index contributed by atoms with van der Waals surface area (Å²) in [5, 5.41) is 22.3. The van der Waals surface area contributed by atoms with E-state index in [1.165, 1.54) is 0 Å². The molecular formula is C20H25N5O5S. The molecule has 10 nitrogen and oxygen atoms in total. The van der Waals surface area contributed by atoms with Crippen LogP contribution in [0.25, 0.3) is 11.0 Å². The normalized spacial score (nSPS) is 22.8. The number of aromatic nitrogens is 3. The molecule has 31 heavy (non-hydrogen) atoms. The van der Waals surface area contributed by atoms with Gasteiger partial charge in [-0.1, -0.05) is 5.16 Å². The summed E-state index contributed by atoms with van der Waals surface area (Å²) in [5.41, 5.74) is 2.57. The first kappa shape index (κ1) is 20.2. The average molecular weight is 448 g/mol. The molecule has 4 heterocycles. The lowest BCUT2D eigenvalue weighted by molar-refractivity contribution is -0.162. The van der Waals surface area contributed by atoms with Crippen molar-refractivity contribution in [3.63, 3.8) is 0 Å². The Balaban J connectivity index is 1.46. The zero-order chi connectivity index (χ0) is 21.8. The number of nitrogens with zero attached hydrogens (tertiary/aromatic N) is 4. The number of nitrogens with one attached hydrogen (secondary N) is 1. The number of aliphatic carboxylic acids is 1. The molecule has 2 fully saturated rings. The molecule has 2 aliphatic heterocycles. The highest BCUT2D eigenvalue weighted by molar-refractivity contribution is 7.91. The Kier molecular flexibility index (Phi) is 4.68. The van der Waals surface area contributed by atoms with Crippen molar-refractivity contribution in [2.75, 3.05) is 16.8 Å². The minimum absolute atomic E-state index is 0.0230. The lowest BCUT2D eigenvalue weighted by Gasteiger charge is -2.40. The third kappa shape index (κ3) is 3.54. The van der Waals surface area contributed by atoms with E-state index in [-0.39, 0.29) is 23.5 Å². The smallest absolute Gasteiger partial charge is 0.306 e. The fraction of sp³-hybridized carbons (Fsp3) is 0.600. The fourth-order valence-corrected chi connectivity index (χ4v) is 6.26. The van der Waals surface area contributed by atoms with Gasteiger partial charge in [0.2, 0.25) is 0 Å². The third-order valence-electron chi connectivity index (χ3n) is 6.60. The predicted octanol–water partition coefficient (Wildman–Crippen LogP) is 1.80. The van der Waals surface area contributed by atoms with E-state index in [4.69, 9.17) is 4.84 Å². The second-order valence-electron chi connectivity index (χ2n) is 8.75. The van der Waals surface area contributed by atoms with Crippen molar-refractivity contribution < 1.29 is 23.2 Å². The first-order chi connectivity index (χ1) is 14.8. The lowest BCUT2D eigenvalue weighted by Crippen LogP contribution is -2.47. The predicted molar refractivity (Wildman–Crippen MR) is 114 cm³/mol. The van der Waals surface area contributed by atoms with Crippen LogP contribution in [0.1, 0.15) is 44.6 Å². The van der Waals surface area contributed by atoms with Gasteiger partial charge in [-0.15, -0.1) is 0 Å². The van der Waals surface area contributed by atoms with E-state index in [2.05, 4.69) is 20.6 Å². The lowest BCUT2D eigenvalue weighted by atomic mass is 9.68. The van der Waals surface area contributed by atoms with Gasteiger partial charge in [-0.25, -0.2) is 18.1 Å². The van der Waals surface area contributed by atoms with Crippen molar-refractivity contribution in [3.8, 4) is 0 Å². The van der Waals surface area contributed by atoms with Crippen LogP contribution in [0, 0.1) is 5.92 Å². The van der Waals surface area contributed by atoms with Gasteiger partial charge in [0.15, 0.2) is 5.65 Å². The van der Waals surface area contributed by atoms with Crippen LogP contribution in [0.3, 0.4) is 0 Å². The number of aryl methyl sites for hydroxylation is 1. The van der Waals surface area contributed by atoms with Gasteiger partial charge in [-0.05, 0) is 19.8 Å². The molecule has 1 saturated carbocycles. The molecule has 0 atom stereocenters. The van der Waals surface area contributed by atoms with E-state index in [1.807, 2.05) is 11.6 Å². The molecule has 2 aromatic heterocycles. The number of hydrogen-bond acceptors (Lipinski definition) is 8. The molecule has 5 rings (SSSR count). The van der Waals surface area contributed by atoms with E-state index >= 15 is 0 Å². The Hall–Kier alpha value is -2.69. The Morgan fingerprint density at radius 2 is 2.06 bits per heavy atom. The molecule has 0 radical (unpaired) electrons. The van der Waals surface area contributed by atoms with Crippen molar-refractivity contribution in [2.24, 2.45) is 11.1 Å². The summed E-state index contributed by atoms with van der Waals surface area (Å²) in [4.78, 5) is 21.5. The molecule has 3 aliphatic rings. The number of oxime groups is 1. The number of carboxylic acids is 1. The van der Waals surface area contributed by atoms with E-state index in [9.17, 15) is 18.3 Å². The van der Waals surface area contributed by atoms with Crippen LogP contribution in [-0.2, 0) is 26.0 Å². The van der Waals surface area contributed by atoms with Gasteiger partial charge < -0.3 is 15.3 Å². The summed E-state index contributed by atoms with van der Waals surface area (Å²) in [6.07, 6.45) is 6.03. The minimum atomic E-state index is -2.96. The van der Waals surface area contributed by atoms with Gasteiger partial charge in [0.1, 0.15) is 15.4 Å². The molecule has 166 valence electrons. The Bertz CT molecular complexity index is 1170. The fourth-order valence-electron chi connectivity index (χ4n) is 4.77. The van der Waals surface area contributed by atoms with E-state index in [0.717, 1.165) is 28.0 Å². The highest BCUT2D eigenvalue weighted by Gasteiger charge is 2.53. The van der Waals surface area contributed by atoms with Crippen LogP contribution in [-0.4, -0.2) is 63.1 Å². The molecule has 11 heteroatoms. The van der Waals surface area contributed by atoms with Crippen LogP contribution in [0.5, 0.6) is 0 Å². The summed E-state index contributed by atoms with van der Waals surface area (Å²) in [7, 11) is -2.96. The van der Waals surface area contributed by atoms with Crippen LogP contribution in [0.4, 0.5) is 5.69 Å². The van der Waals surface area contributed by atoms with Crippen LogP contribution >= 0.6 is 0 Å². The Morgan fingerprint density at radius 3 is 2.74 bits per heavy atom. The summed E-state index contributed by atoms with van der Waals surface area (Å²) in [5.74, 6) is -0.842. The molecule has 2 aromatic rings. The van der Waals surface area contributed by atoms with Gasteiger partial charge in [-0.2, -0.15) is 5.10 Å². The van der Waals surface area contributed by atoms with Crippen molar-refractivity contribution in [3.05, 3.63) is 18.0 Å². The SMILES string of the molecule is CCn1ncc2c(NC3CCS(=O)(=O)CC3)c(C3=NOC4(C3)CC(C(=O)O)C4)cnc21. The van der Waals surface area contributed by atoms with E-state index < -0.39 is 21.4 Å². The topological polar surface area (TPSA) is 136 Å². The number of fused-ring (bicyclic) bond motifs is 1. The van der Waals surface area contributed by atoms with Gasteiger partial charge in [0, 0.05) is 43.6 Å². The molecular weight excluding hydrogens is 422 g/mol. The van der Waals surface area contributed by atoms with Gasteiger partial charge in [0.25, 0.3) is 0 Å². The standard InChI is InChI=1S/C20H25N5O5S/c1-2-25-18-15(11-22-25)17(23-13-3-5-31(28,29)6-4-13)14(10-21-18)16-9-20(30-24-16)7-12(8-20)19(26)27/h10-13H,2-9H2,1H3,(H,21,23)(H,26,27). The second-order valence-corrected chi connectivity index (χ2v) is 11.1. The first-order valence-electron chi connectivity index (χ1n) is 10.6. The summed E-state index contributed by atoms with van der Waals surface area (Å²) in [6.45, 7) is 2.68. The minimum Gasteiger partial charge on any atom is -0.481 e. The van der Waals surface area contributed by atoms with Crippen LogP contribution < -0.4 is 5.32 Å². The molecule has 2 N–H and O–H groups in total. The van der Waals surface area contributed by atoms with Crippen molar-refractivity contribution in [1.29, 1.82) is 0 Å². The maximum atomic E-state index is 11.8. The second kappa shape index (κ2) is 7.18. The number of rotatable bonds is 5. The maximum Gasteiger partial charge on any atom is 0.306 e. The Labute approximate surface area is 179 Å². The van der Waals surface area contributed by atoms with E-state index in [0.29, 0.717) is 38.6 Å². The van der Waals surface area contributed by atoms with Gasteiger partial charge in [-0.3, -0.25) is 4.79 Å². The highest BCUT2D eigenvalue weighted by atomic mass is 32.2. The molecule has 0 aromatic carbocycles. The quantitative estimate of drug-likeness (QED) is 0.708. The third-order valence-corrected chi connectivity index (χ3v) is 8.32. The number of carboxylic acid groups (broad SMARTS) is 1. The summed E-state index contributed by atoms with van der Waals surface area (Å²) in [6, 6.07) is 0.0230. The molecule has 0 amide bonds. The number of carbonyl (C=O) groups is 1. The summed E-state index contributed by atoms with van der Waals surface area (Å²) < 4.78 is 25.5. The largest absolute Gasteiger partial charge is 0.481 e. The van der Waals surface area contributed by atoms with Crippen molar-refractivity contribution in [2.45, 2.75) is 57.2 Å². The molecule has 0 unspecified atom stereocenters. The van der Waals surface area contributed by atoms with Gasteiger partial charge >= 0.3 is 5.97 Å². The van der Waals surface area contributed by atoms with Crippen molar-refractivity contribution >= 4 is 38.2 Å². The zero-order valence-electron chi connectivity index (χ0n) is 17.2. The van der Waals surface area contributed by atoms with Crippen LogP contribution in [0.2, 0.25) is 0 Å². The zero-order valence-corrected chi connectivity index (χ0v) is 18.1. The first-order valence-corrected chi connectivity index (χ1v) is 12.4. The van der Waals surface area contributed by atoms with Gasteiger partial charge in [0.05, 0.1) is 40.4 Å². The molecule has 1 saturated heterocycles. The van der Waals surface area contributed by atoms with Crippen LogP contribution in [0.15, 0.2) is 17.5 Å². The van der Waals surface area contributed by atoms with E-state index in [1.54, 1.807) is 12.4 Å². The molecule has 0 bridgehead atoms. The molecule has 1 aliphatic carbocycles.